The molecule has 1 amide bonds. The van der Waals surface area contributed by atoms with Gasteiger partial charge in [0.25, 0.3) is 0 Å². The normalized spacial score (nSPS) is 10.7. The molecule has 0 saturated carbocycles. The Morgan fingerprint density at radius 2 is 1.90 bits per heavy atom. The van der Waals surface area contributed by atoms with Gasteiger partial charge >= 0.3 is 11.6 Å². The number of hydrogen-bond donors (Lipinski definition) is 1. The summed E-state index contributed by atoms with van der Waals surface area (Å²) in [5.41, 5.74) is 1.67. The Morgan fingerprint density at radius 3 is 2.60 bits per heavy atom. The van der Waals surface area contributed by atoms with E-state index in [0.717, 1.165) is 10.9 Å². The van der Waals surface area contributed by atoms with Gasteiger partial charge in [-0.3, -0.25) is 4.79 Å². The first-order chi connectivity index (χ1) is 14.3. The van der Waals surface area contributed by atoms with Gasteiger partial charge < -0.3 is 19.2 Å². The Balaban J connectivity index is 1.77. The Kier molecular flexibility index (Phi) is 6.42. The number of nitrogens with one attached hydrogen (secondary N) is 1. The molecule has 0 unspecified atom stereocenters. The molecule has 30 heavy (non-hydrogen) atoms. The second-order valence-electron chi connectivity index (χ2n) is 6.59. The highest BCUT2D eigenvalue weighted by Crippen LogP contribution is 2.26. The molecule has 3 rings (SSSR count). The van der Waals surface area contributed by atoms with E-state index in [2.05, 4.69) is 10.1 Å². The summed E-state index contributed by atoms with van der Waals surface area (Å²) in [7, 11) is 2.80. The highest BCUT2D eigenvalue weighted by atomic mass is 35.5. The van der Waals surface area contributed by atoms with Crippen molar-refractivity contribution in [3.8, 4) is 5.75 Å². The third-order valence-electron chi connectivity index (χ3n) is 4.76. The first kappa shape index (κ1) is 21.4. The van der Waals surface area contributed by atoms with Crippen LogP contribution in [-0.2, 0) is 16.0 Å². The van der Waals surface area contributed by atoms with Gasteiger partial charge in [0.1, 0.15) is 11.3 Å². The number of amides is 1. The monoisotopic (exact) mass is 429 g/mol. The molecule has 0 aliphatic carbocycles. The van der Waals surface area contributed by atoms with Gasteiger partial charge in [-0.25, -0.2) is 9.59 Å². The summed E-state index contributed by atoms with van der Waals surface area (Å²) < 4.78 is 15.2. The fraction of sp³-hybridized carbons (Fsp3) is 0.227. The molecule has 0 aliphatic rings. The molecule has 0 fully saturated rings. The number of methoxy groups -OCH3 is 2. The Labute approximate surface area is 177 Å². The van der Waals surface area contributed by atoms with Crippen molar-refractivity contribution in [2.75, 3.05) is 19.5 Å². The molecule has 0 saturated heterocycles. The zero-order valence-corrected chi connectivity index (χ0v) is 17.5. The van der Waals surface area contributed by atoms with Crippen molar-refractivity contribution in [3.63, 3.8) is 0 Å². The summed E-state index contributed by atoms with van der Waals surface area (Å²) in [5.74, 6) is -0.307. The van der Waals surface area contributed by atoms with Crippen LogP contribution in [0.5, 0.6) is 5.75 Å². The zero-order chi connectivity index (χ0) is 21.8. The Bertz CT molecular complexity index is 1180. The maximum Gasteiger partial charge on any atom is 0.339 e. The van der Waals surface area contributed by atoms with E-state index in [1.807, 2.05) is 13.0 Å². The summed E-state index contributed by atoms with van der Waals surface area (Å²) >= 11 is 6.10. The predicted molar refractivity (Wildman–Crippen MR) is 114 cm³/mol. The second kappa shape index (κ2) is 9.00. The second-order valence-corrected chi connectivity index (χ2v) is 7.00. The Hall–Kier alpha value is -3.32. The molecule has 1 N–H and O–H groups in total. The van der Waals surface area contributed by atoms with E-state index in [0.29, 0.717) is 22.6 Å². The molecule has 0 radical (unpaired) electrons. The molecule has 8 heteroatoms. The van der Waals surface area contributed by atoms with Gasteiger partial charge in [-0.05, 0) is 49.2 Å². The van der Waals surface area contributed by atoms with Crippen molar-refractivity contribution in [3.05, 3.63) is 68.5 Å². The maximum atomic E-state index is 12.4. The third kappa shape index (κ3) is 4.46. The van der Waals surface area contributed by atoms with Crippen molar-refractivity contribution in [1.82, 2.24) is 0 Å². The zero-order valence-electron chi connectivity index (χ0n) is 16.7. The van der Waals surface area contributed by atoms with E-state index in [-0.39, 0.29) is 29.3 Å². The molecule has 0 bridgehead atoms. The minimum atomic E-state index is -0.539. The van der Waals surface area contributed by atoms with Crippen LogP contribution in [0.4, 0.5) is 5.69 Å². The lowest BCUT2D eigenvalue weighted by atomic mass is 10.0. The van der Waals surface area contributed by atoms with Crippen LogP contribution in [0.3, 0.4) is 0 Å². The SMILES string of the molecule is COC(=O)c1ccc(Cl)c(NC(=O)CCc2c(C)c3ccc(OC)cc3oc2=O)c1. The number of aryl methyl sites for hydroxylation is 1. The van der Waals surface area contributed by atoms with Crippen molar-refractivity contribution >= 4 is 40.1 Å². The number of hydrogen-bond acceptors (Lipinski definition) is 6. The lowest BCUT2D eigenvalue weighted by molar-refractivity contribution is -0.116. The van der Waals surface area contributed by atoms with Crippen molar-refractivity contribution < 1.29 is 23.5 Å². The first-order valence-corrected chi connectivity index (χ1v) is 9.50. The number of halogens is 1. The molecular formula is C22H20ClNO6. The first-order valence-electron chi connectivity index (χ1n) is 9.12. The van der Waals surface area contributed by atoms with Crippen LogP contribution in [0.1, 0.15) is 27.9 Å². The molecule has 0 spiro atoms. The van der Waals surface area contributed by atoms with E-state index in [1.54, 1.807) is 12.1 Å². The van der Waals surface area contributed by atoms with E-state index < -0.39 is 11.6 Å². The average molecular weight is 430 g/mol. The predicted octanol–water partition coefficient (Wildman–Crippen LogP) is 4.12. The smallest absolute Gasteiger partial charge is 0.339 e. The van der Waals surface area contributed by atoms with Gasteiger partial charge in [-0.15, -0.1) is 0 Å². The summed E-state index contributed by atoms with van der Waals surface area (Å²) in [6, 6.07) is 9.68. The lowest BCUT2D eigenvalue weighted by Gasteiger charge is -2.10. The van der Waals surface area contributed by atoms with Crippen LogP contribution < -0.4 is 15.7 Å². The average Bonchev–Trinajstić information content (AvgIpc) is 2.74. The van der Waals surface area contributed by atoms with Crippen LogP contribution in [0, 0.1) is 6.92 Å². The molecule has 1 heterocycles. The van der Waals surface area contributed by atoms with E-state index in [4.69, 9.17) is 20.8 Å². The quantitative estimate of drug-likeness (QED) is 0.467. The number of carbonyl (C=O) groups excluding carboxylic acids is 2. The summed E-state index contributed by atoms with van der Waals surface area (Å²) in [6.07, 6.45) is 0.225. The molecule has 2 aromatic carbocycles. The van der Waals surface area contributed by atoms with E-state index >= 15 is 0 Å². The fourth-order valence-corrected chi connectivity index (χ4v) is 3.27. The fourth-order valence-electron chi connectivity index (χ4n) is 3.11. The summed E-state index contributed by atoms with van der Waals surface area (Å²) in [6.45, 7) is 1.82. The number of ether oxygens (including phenoxy) is 2. The van der Waals surface area contributed by atoms with Gasteiger partial charge in [-0.2, -0.15) is 0 Å². The molecule has 0 aliphatic heterocycles. The molecule has 7 nitrogen and oxygen atoms in total. The van der Waals surface area contributed by atoms with Crippen molar-refractivity contribution in [2.24, 2.45) is 0 Å². The van der Waals surface area contributed by atoms with Gasteiger partial charge in [0.05, 0.1) is 30.5 Å². The van der Waals surface area contributed by atoms with Crippen LogP contribution in [-0.4, -0.2) is 26.1 Å². The molecule has 3 aromatic rings. The standard InChI is InChI=1S/C22H20ClNO6/c1-12-15-6-5-14(28-2)11-19(15)30-22(27)16(12)7-9-20(25)24-18-10-13(21(26)29-3)4-8-17(18)23/h4-6,8,10-11H,7,9H2,1-3H3,(H,24,25). The van der Waals surface area contributed by atoms with E-state index in [1.165, 1.54) is 32.4 Å². The van der Waals surface area contributed by atoms with Crippen molar-refractivity contribution in [2.45, 2.75) is 19.8 Å². The van der Waals surface area contributed by atoms with Crippen LogP contribution in [0.2, 0.25) is 5.02 Å². The van der Waals surface area contributed by atoms with Crippen LogP contribution >= 0.6 is 11.6 Å². The number of esters is 1. The van der Waals surface area contributed by atoms with Gasteiger partial charge in [0.2, 0.25) is 5.91 Å². The van der Waals surface area contributed by atoms with Crippen LogP contribution in [0.15, 0.2) is 45.6 Å². The molecule has 0 atom stereocenters. The van der Waals surface area contributed by atoms with Gasteiger partial charge in [0.15, 0.2) is 0 Å². The summed E-state index contributed by atoms with van der Waals surface area (Å²) in [4.78, 5) is 36.5. The van der Waals surface area contributed by atoms with Gasteiger partial charge in [-0.1, -0.05) is 11.6 Å². The minimum absolute atomic E-state index is 0.0338. The van der Waals surface area contributed by atoms with E-state index in [9.17, 15) is 14.4 Å². The largest absolute Gasteiger partial charge is 0.497 e. The maximum absolute atomic E-state index is 12.4. The molecular weight excluding hydrogens is 410 g/mol. The number of anilines is 1. The number of rotatable bonds is 6. The number of benzene rings is 2. The van der Waals surface area contributed by atoms with Crippen LogP contribution in [0.25, 0.3) is 11.0 Å². The lowest BCUT2D eigenvalue weighted by Crippen LogP contribution is -2.17. The Morgan fingerprint density at radius 1 is 1.13 bits per heavy atom. The number of carbonyl (C=O) groups is 2. The molecule has 156 valence electrons. The van der Waals surface area contributed by atoms with Gasteiger partial charge in [0, 0.05) is 23.4 Å². The number of fused-ring (bicyclic) bond motifs is 1. The third-order valence-corrected chi connectivity index (χ3v) is 5.09. The highest BCUT2D eigenvalue weighted by molar-refractivity contribution is 6.33. The van der Waals surface area contributed by atoms with Crippen molar-refractivity contribution in [1.29, 1.82) is 0 Å². The minimum Gasteiger partial charge on any atom is -0.497 e. The molecule has 1 aromatic heterocycles. The highest BCUT2D eigenvalue weighted by Gasteiger charge is 2.15. The summed E-state index contributed by atoms with van der Waals surface area (Å²) in [5, 5.41) is 3.72. The topological polar surface area (TPSA) is 94.8 Å².